The minimum Gasteiger partial charge on any atom is -0.376 e. The second kappa shape index (κ2) is 9.11. The average Bonchev–Trinajstić information content (AvgIpc) is 3.31. The minimum atomic E-state index is -4.60. The second-order valence-electron chi connectivity index (χ2n) is 6.89. The number of hydrogen-bond donors (Lipinski definition) is 2. The van der Waals surface area contributed by atoms with E-state index in [1.165, 1.54) is 24.4 Å². The van der Waals surface area contributed by atoms with E-state index in [0.717, 1.165) is 18.9 Å². The first-order valence-corrected chi connectivity index (χ1v) is 9.70. The van der Waals surface area contributed by atoms with Gasteiger partial charge in [-0.15, -0.1) is 0 Å². The molecule has 3 aromatic heterocycles. The van der Waals surface area contributed by atoms with Crippen LogP contribution in [0.1, 0.15) is 24.2 Å². The molecule has 1 aliphatic rings. The van der Waals surface area contributed by atoms with Crippen LogP contribution in [-0.4, -0.2) is 44.2 Å². The molecule has 0 aliphatic carbocycles. The Labute approximate surface area is 180 Å². The zero-order chi connectivity index (χ0) is 22.6. The summed E-state index contributed by atoms with van der Waals surface area (Å²) in [7, 11) is 0. The summed E-state index contributed by atoms with van der Waals surface area (Å²) < 4.78 is 44.9. The van der Waals surface area contributed by atoms with Crippen molar-refractivity contribution in [3.05, 3.63) is 47.9 Å². The van der Waals surface area contributed by atoms with Gasteiger partial charge < -0.3 is 15.4 Å². The van der Waals surface area contributed by atoms with Gasteiger partial charge in [0.05, 0.1) is 6.10 Å². The summed E-state index contributed by atoms with van der Waals surface area (Å²) in [6.45, 7) is 1.12. The van der Waals surface area contributed by atoms with Gasteiger partial charge in [-0.25, -0.2) is 9.97 Å². The molecule has 1 atom stereocenters. The fraction of sp³-hybridized carbons (Fsp3) is 0.300. The summed E-state index contributed by atoms with van der Waals surface area (Å²) in [5, 5.41) is 15.0. The van der Waals surface area contributed by atoms with E-state index in [0.29, 0.717) is 18.8 Å². The zero-order valence-corrected chi connectivity index (χ0v) is 16.6. The predicted molar refractivity (Wildman–Crippen MR) is 108 cm³/mol. The lowest BCUT2D eigenvalue weighted by atomic mass is 10.2. The number of alkyl halides is 3. The number of ether oxygens (including phenoxy) is 1. The molecule has 1 saturated heterocycles. The minimum absolute atomic E-state index is 0.00306. The molecule has 12 heteroatoms. The summed E-state index contributed by atoms with van der Waals surface area (Å²) in [6.07, 6.45) is -1.32. The Morgan fingerprint density at radius 3 is 2.72 bits per heavy atom. The highest BCUT2D eigenvalue weighted by Crippen LogP contribution is 2.29. The van der Waals surface area contributed by atoms with E-state index in [1.54, 1.807) is 6.07 Å². The Bertz CT molecular complexity index is 1140. The van der Waals surface area contributed by atoms with Gasteiger partial charge >= 0.3 is 6.18 Å². The number of rotatable bonds is 6. The summed E-state index contributed by atoms with van der Waals surface area (Å²) >= 11 is 0. The lowest BCUT2D eigenvalue weighted by Gasteiger charge is -2.13. The Morgan fingerprint density at radius 1 is 1.12 bits per heavy atom. The molecular formula is C20H17F3N8O. The van der Waals surface area contributed by atoms with Crippen LogP contribution in [0.4, 0.5) is 30.8 Å². The van der Waals surface area contributed by atoms with Gasteiger partial charge in [-0.3, -0.25) is 0 Å². The quantitative estimate of drug-likeness (QED) is 0.590. The molecule has 1 fully saturated rings. The molecule has 2 N–H and O–H groups in total. The van der Waals surface area contributed by atoms with E-state index in [9.17, 15) is 13.2 Å². The van der Waals surface area contributed by atoms with Gasteiger partial charge in [0.15, 0.2) is 5.82 Å². The van der Waals surface area contributed by atoms with E-state index in [1.807, 2.05) is 6.07 Å². The molecule has 0 bridgehead atoms. The van der Waals surface area contributed by atoms with Crippen molar-refractivity contribution in [2.75, 3.05) is 23.8 Å². The highest BCUT2D eigenvalue weighted by atomic mass is 19.4. The van der Waals surface area contributed by atoms with E-state index in [-0.39, 0.29) is 35.2 Å². The fourth-order valence-electron chi connectivity index (χ4n) is 3.05. The van der Waals surface area contributed by atoms with Gasteiger partial charge in [0, 0.05) is 25.0 Å². The van der Waals surface area contributed by atoms with Crippen molar-refractivity contribution in [3.8, 4) is 17.6 Å². The topological polar surface area (TPSA) is 122 Å². The monoisotopic (exact) mass is 442 g/mol. The third-order valence-electron chi connectivity index (χ3n) is 4.55. The molecule has 3 aromatic rings. The van der Waals surface area contributed by atoms with E-state index < -0.39 is 11.9 Å². The molecule has 4 heterocycles. The Hall–Kier alpha value is -3.85. The van der Waals surface area contributed by atoms with Gasteiger partial charge in [0.1, 0.15) is 23.2 Å². The first-order valence-electron chi connectivity index (χ1n) is 9.70. The average molecular weight is 442 g/mol. The molecule has 0 saturated carbocycles. The van der Waals surface area contributed by atoms with E-state index in [2.05, 4.69) is 35.6 Å². The van der Waals surface area contributed by atoms with Crippen LogP contribution >= 0.6 is 0 Å². The number of nitriles is 1. The molecule has 9 nitrogen and oxygen atoms in total. The van der Waals surface area contributed by atoms with Gasteiger partial charge in [-0.2, -0.15) is 33.4 Å². The van der Waals surface area contributed by atoms with Crippen molar-refractivity contribution in [1.29, 1.82) is 5.26 Å². The van der Waals surface area contributed by atoms with Crippen molar-refractivity contribution < 1.29 is 17.9 Å². The molecule has 32 heavy (non-hydrogen) atoms. The maximum absolute atomic E-state index is 13.1. The highest BCUT2D eigenvalue weighted by molar-refractivity contribution is 5.59. The molecule has 164 valence electrons. The number of hydrogen-bond acceptors (Lipinski definition) is 9. The molecule has 0 amide bonds. The maximum Gasteiger partial charge on any atom is 0.433 e. The Kier molecular flexibility index (Phi) is 6.09. The van der Waals surface area contributed by atoms with Crippen molar-refractivity contribution in [1.82, 2.24) is 24.9 Å². The van der Waals surface area contributed by atoms with Crippen LogP contribution in [0.2, 0.25) is 0 Å². The van der Waals surface area contributed by atoms with Gasteiger partial charge in [-0.1, -0.05) is 6.07 Å². The van der Waals surface area contributed by atoms with Crippen molar-refractivity contribution in [2.24, 2.45) is 0 Å². The molecule has 0 aromatic carbocycles. The lowest BCUT2D eigenvalue weighted by molar-refractivity contribution is -0.141. The van der Waals surface area contributed by atoms with Crippen LogP contribution in [0.15, 0.2) is 36.5 Å². The standard InChI is InChI=1S/C20H17F3N8O/c21-20(22,23)16-5-1-4-15(28-16)17-29-18(26-11-14-3-2-8-32-14)31-19(30-17)27-12-6-7-25-13(9-12)10-24/h1,4-7,9,14H,2-3,8,11H2,(H2,25,26,27,29,30,31). The van der Waals surface area contributed by atoms with Crippen molar-refractivity contribution in [3.63, 3.8) is 0 Å². The van der Waals surface area contributed by atoms with Crippen LogP contribution < -0.4 is 10.6 Å². The van der Waals surface area contributed by atoms with Crippen molar-refractivity contribution in [2.45, 2.75) is 25.1 Å². The lowest BCUT2D eigenvalue weighted by Crippen LogP contribution is -2.20. The Balaban J connectivity index is 1.67. The predicted octanol–water partition coefficient (Wildman–Crippen LogP) is 3.55. The fourth-order valence-corrected chi connectivity index (χ4v) is 3.05. The van der Waals surface area contributed by atoms with Crippen LogP contribution in [-0.2, 0) is 10.9 Å². The number of nitrogens with one attached hydrogen (secondary N) is 2. The highest BCUT2D eigenvalue weighted by Gasteiger charge is 2.32. The first kappa shape index (κ1) is 21.4. The van der Waals surface area contributed by atoms with E-state index in [4.69, 9.17) is 10.00 Å². The van der Waals surface area contributed by atoms with Gasteiger partial charge in [-0.05, 0) is 37.1 Å². The Morgan fingerprint density at radius 2 is 1.97 bits per heavy atom. The normalized spacial score (nSPS) is 15.9. The number of nitrogens with zero attached hydrogens (tertiary/aromatic N) is 6. The summed E-state index contributed by atoms with van der Waals surface area (Å²) in [6, 6.07) is 8.52. The smallest absolute Gasteiger partial charge is 0.376 e. The van der Waals surface area contributed by atoms with Crippen molar-refractivity contribution >= 4 is 17.6 Å². The van der Waals surface area contributed by atoms with Crippen LogP contribution in [0.3, 0.4) is 0 Å². The maximum atomic E-state index is 13.1. The number of pyridine rings is 2. The third kappa shape index (κ3) is 5.25. The molecule has 4 rings (SSSR count). The van der Waals surface area contributed by atoms with Crippen LogP contribution in [0.25, 0.3) is 11.5 Å². The second-order valence-corrected chi connectivity index (χ2v) is 6.89. The molecule has 0 spiro atoms. The number of aromatic nitrogens is 5. The largest absolute Gasteiger partial charge is 0.433 e. The number of halogens is 3. The summed E-state index contributed by atoms with van der Waals surface area (Å²) in [5.41, 5.74) is -0.444. The molecular weight excluding hydrogens is 425 g/mol. The van der Waals surface area contributed by atoms with Crippen LogP contribution in [0, 0.1) is 11.3 Å². The molecule has 1 aliphatic heterocycles. The summed E-state index contributed by atoms with van der Waals surface area (Å²) in [4.78, 5) is 20.3. The first-order chi connectivity index (χ1) is 15.4. The molecule has 1 unspecified atom stereocenters. The van der Waals surface area contributed by atoms with Crippen LogP contribution in [0.5, 0.6) is 0 Å². The summed E-state index contributed by atoms with van der Waals surface area (Å²) in [5.74, 6) is 0.180. The zero-order valence-electron chi connectivity index (χ0n) is 16.6. The van der Waals surface area contributed by atoms with Gasteiger partial charge in [0.25, 0.3) is 0 Å². The third-order valence-corrected chi connectivity index (χ3v) is 4.55. The molecule has 0 radical (unpaired) electrons. The van der Waals surface area contributed by atoms with Gasteiger partial charge in [0.2, 0.25) is 11.9 Å². The number of anilines is 3. The van der Waals surface area contributed by atoms with E-state index >= 15 is 0 Å². The SMILES string of the molecule is N#Cc1cc(Nc2nc(NCC3CCCO3)nc(-c3cccc(C(F)(F)F)n3)n2)ccn1.